The number of benzene rings is 1. The second kappa shape index (κ2) is 8.27. The van der Waals surface area contributed by atoms with Crippen LogP contribution < -0.4 is 5.32 Å². The van der Waals surface area contributed by atoms with Crippen LogP contribution in [0.5, 0.6) is 0 Å². The number of imide groups is 1. The summed E-state index contributed by atoms with van der Waals surface area (Å²) in [6.07, 6.45) is 1.62. The van der Waals surface area contributed by atoms with E-state index < -0.39 is 17.5 Å². The highest BCUT2D eigenvalue weighted by Crippen LogP contribution is 2.34. The molecule has 1 fully saturated rings. The third kappa shape index (κ3) is 3.96. The molecule has 1 aliphatic heterocycles. The van der Waals surface area contributed by atoms with Crippen molar-refractivity contribution in [1.29, 1.82) is 0 Å². The van der Waals surface area contributed by atoms with Crippen LogP contribution >= 0.6 is 23.2 Å². The van der Waals surface area contributed by atoms with Crippen molar-refractivity contribution >= 4 is 41.0 Å². The van der Waals surface area contributed by atoms with E-state index in [1.165, 1.54) is 6.07 Å². The third-order valence-electron chi connectivity index (χ3n) is 4.38. The quantitative estimate of drug-likeness (QED) is 0.714. The Morgan fingerprint density at radius 2 is 1.81 bits per heavy atom. The summed E-state index contributed by atoms with van der Waals surface area (Å²) in [6.45, 7) is 6.42. The predicted molar refractivity (Wildman–Crippen MR) is 101 cm³/mol. The maximum atomic E-state index is 12.9. The summed E-state index contributed by atoms with van der Waals surface area (Å²) >= 11 is 12.1. The summed E-state index contributed by atoms with van der Waals surface area (Å²) < 4.78 is 0. The van der Waals surface area contributed by atoms with E-state index in [0.717, 1.165) is 17.7 Å². The predicted octanol–water partition coefficient (Wildman–Crippen LogP) is 3.41. The van der Waals surface area contributed by atoms with Gasteiger partial charge in [0.25, 0.3) is 5.91 Å². The lowest BCUT2D eigenvalue weighted by atomic mass is 9.92. The minimum absolute atomic E-state index is 0.247. The lowest BCUT2D eigenvalue weighted by Gasteiger charge is -2.25. The molecule has 142 valence electrons. The van der Waals surface area contributed by atoms with Crippen LogP contribution in [0.25, 0.3) is 0 Å². The lowest BCUT2D eigenvalue weighted by Crippen LogP contribution is -2.45. The van der Waals surface area contributed by atoms with E-state index in [2.05, 4.69) is 5.32 Å². The Kier molecular flexibility index (Phi) is 6.53. The zero-order valence-corrected chi connectivity index (χ0v) is 16.7. The highest BCUT2D eigenvalue weighted by Gasteiger charge is 2.50. The topological polar surface area (TPSA) is 69.7 Å². The van der Waals surface area contributed by atoms with E-state index in [1.807, 2.05) is 13.8 Å². The first-order valence-electron chi connectivity index (χ1n) is 8.62. The van der Waals surface area contributed by atoms with Gasteiger partial charge in [0.2, 0.25) is 5.91 Å². The molecule has 1 aliphatic rings. The van der Waals surface area contributed by atoms with Crippen molar-refractivity contribution in [3.05, 3.63) is 33.8 Å². The maximum Gasteiger partial charge on any atom is 0.325 e. The van der Waals surface area contributed by atoms with Gasteiger partial charge < -0.3 is 10.2 Å². The second-order valence-electron chi connectivity index (χ2n) is 6.45. The van der Waals surface area contributed by atoms with Gasteiger partial charge in [-0.25, -0.2) is 4.79 Å². The average Bonchev–Trinajstić information content (AvgIpc) is 2.78. The van der Waals surface area contributed by atoms with Crippen molar-refractivity contribution in [3.63, 3.8) is 0 Å². The monoisotopic (exact) mass is 399 g/mol. The fourth-order valence-corrected chi connectivity index (χ4v) is 3.65. The Hall–Kier alpha value is -1.79. The van der Waals surface area contributed by atoms with Crippen molar-refractivity contribution in [2.45, 2.75) is 39.2 Å². The first kappa shape index (κ1) is 20.5. The summed E-state index contributed by atoms with van der Waals surface area (Å²) in [7, 11) is 0. The highest BCUT2D eigenvalue weighted by atomic mass is 35.5. The number of amides is 4. The van der Waals surface area contributed by atoms with Gasteiger partial charge in [-0.15, -0.1) is 0 Å². The van der Waals surface area contributed by atoms with E-state index in [0.29, 0.717) is 23.7 Å². The van der Waals surface area contributed by atoms with E-state index >= 15 is 0 Å². The Morgan fingerprint density at radius 3 is 2.35 bits per heavy atom. The number of urea groups is 1. The molecule has 6 nitrogen and oxygen atoms in total. The number of hydrogen-bond donors (Lipinski definition) is 1. The molecule has 1 heterocycles. The molecular formula is C18H23Cl2N3O3. The Labute approximate surface area is 163 Å². The van der Waals surface area contributed by atoms with Crippen LogP contribution in [0.15, 0.2) is 18.2 Å². The number of carbonyl (C=O) groups is 3. The summed E-state index contributed by atoms with van der Waals surface area (Å²) in [5.41, 5.74) is -0.893. The fourth-order valence-electron chi connectivity index (χ4n) is 3.05. The fraction of sp³-hybridized carbons (Fsp3) is 0.500. The number of hydrogen-bond acceptors (Lipinski definition) is 3. The van der Waals surface area contributed by atoms with E-state index in [4.69, 9.17) is 23.2 Å². The Bertz CT molecular complexity index is 720. The van der Waals surface area contributed by atoms with E-state index in [-0.39, 0.29) is 17.5 Å². The van der Waals surface area contributed by atoms with Crippen LogP contribution in [0, 0.1) is 0 Å². The van der Waals surface area contributed by atoms with Gasteiger partial charge >= 0.3 is 6.03 Å². The molecule has 0 spiro atoms. The molecule has 2 rings (SSSR count). The molecule has 0 saturated carbocycles. The smallest absolute Gasteiger partial charge is 0.325 e. The molecule has 8 heteroatoms. The molecule has 4 amide bonds. The molecule has 0 unspecified atom stereocenters. The van der Waals surface area contributed by atoms with Crippen molar-refractivity contribution < 1.29 is 14.4 Å². The summed E-state index contributed by atoms with van der Waals surface area (Å²) in [5, 5.41) is 3.36. The van der Waals surface area contributed by atoms with E-state index in [1.54, 1.807) is 24.0 Å². The molecule has 1 aromatic carbocycles. The Morgan fingerprint density at radius 1 is 1.19 bits per heavy atom. The van der Waals surface area contributed by atoms with Crippen LogP contribution in [0.2, 0.25) is 10.0 Å². The molecule has 0 aromatic heterocycles. The van der Waals surface area contributed by atoms with Crippen LogP contribution in [0.4, 0.5) is 4.79 Å². The van der Waals surface area contributed by atoms with Crippen LogP contribution in [0.1, 0.15) is 39.2 Å². The molecule has 1 saturated heterocycles. The first-order valence-corrected chi connectivity index (χ1v) is 9.37. The van der Waals surface area contributed by atoms with Crippen LogP contribution in [-0.2, 0) is 15.1 Å². The van der Waals surface area contributed by atoms with Crippen LogP contribution in [-0.4, -0.2) is 47.3 Å². The van der Waals surface area contributed by atoms with Crippen molar-refractivity contribution in [3.8, 4) is 0 Å². The number of nitrogens with zero attached hydrogens (tertiary/aromatic N) is 2. The minimum Gasteiger partial charge on any atom is -0.341 e. The third-order valence-corrected chi connectivity index (χ3v) is 4.93. The van der Waals surface area contributed by atoms with Gasteiger partial charge in [-0.1, -0.05) is 43.1 Å². The molecule has 1 atom stereocenters. The number of rotatable bonds is 7. The molecule has 0 bridgehead atoms. The first-order chi connectivity index (χ1) is 12.2. The minimum atomic E-state index is -1.33. The molecule has 1 N–H and O–H groups in total. The van der Waals surface area contributed by atoms with E-state index in [9.17, 15) is 14.4 Å². The van der Waals surface area contributed by atoms with Gasteiger partial charge in [-0.2, -0.15) is 0 Å². The van der Waals surface area contributed by atoms with Gasteiger partial charge in [0.15, 0.2) is 0 Å². The van der Waals surface area contributed by atoms with Crippen molar-refractivity contribution in [1.82, 2.24) is 15.1 Å². The second-order valence-corrected chi connectivity index (χ2v) is 7.30. The average molecular weight is 400 g/mol. The zero-order valence-electron chi connectivity index (χ0n) is 15.1. The molecule has 1 aromatic rings. The number of halogens is 2. The maximum absolute atomic E-state index is 12.9. The van der Waals surface area contributed by atoms with Gasteiger partial charge in [-0.05, 0) is 31.9 Å². The van der Waals surface area contributed by atoms with Gasteiger partial charge in [0, 0.05) is 28.7 Å². The zero-order chi connectivity index (χ0) is 19.5. The standard InChI is InChI=1S/C18H23Cl2N3O3/c1-4-8-22(9-5-2)15(24)11-23-16(25)18(3,21-17(23)26)13-7-6-12(19)10-14(13)20/h6-7,10H,4-5,8-9,11H2,1-3H3,(H,21,26)/t18-/m1/s1. The molecule has 0 radical (unpaired) electrons. The normalized spacial score (nSPS) is 19.7. The summed E-state index contributed by atoms with van der Waals surface area (Å²) in [6, 6.07) is 4.12. The summed E-state index contributed by atoms with van der Waals surface area (Å²) in [4.78, 5) is 40.5. The molecule has 0 aliphatic carbocycles. The lowest BCUT2D eigenvalue weighted by molar-refractivity contribution is -0.139. The SMILES string of the molecule is CCCN(CCC)C(=O)CN1C(=O)N[C@](C)(c2ccc(Cl)cc2Cl)C1=O. The van der Waals surface area contributed by atoms with Gasteiger partial charge in [0.05, 0.1) is 0 Å². The Balaban J connectivity index is 2.24. The molecular weight excluding hydrogens is 377 g/mol. The van der Waals surface area contributed by atoms with Crippen molar-refractivity contribution in [2.24, 2.45) is 0 Å². The number of nitrogens with one attached hydrogen (secondary N) is 1. The van der Waals surface area contributed by atoms with Gasteiger partial charge in [-0.3, -0.25) is 14.5 Å². The van der Waals surface area contributed by atoms with Crippen molar-refractivity contribution in [2.75, 3.05) is 19.6 Å². The largest absolute Gasteiger partial charge is 0.341 e. The van der Waals surface area contributed by atoms with Gasteiger partial charge in [0.1, 0.15) is 12.1 Å². The highest BCUT2D eigenvalue weighted by molar-refractivity contribution is 6.35. The van der Waals surface area contributed by atoms with Crippen LogP contribution in [0.3, 0.4) is 0 Å². The number of carbonyl (C=O) groups excluding carboxylic acids is 3. The summed E-state index contributed by atoms with van der Waals surface area (Å²) in [5.74, 6) is -0.753. The molecule has 26 heavy (non-hydrogen) atoms.